The van der Waals surface area contributed by atoms with Gasteiger partial charge in [-0.15, -0.1) is 0 Å². The summed E-state index contributed by atoms with van der Waals surface area (Å²) in [4.78, 5) is 19.0. The molecule has 0 atom stereocenters. The van der Waals surface area contributed by atoms with Crippen LogP contribution in [0.1, 0.15) is 42.4 Å². The predicted molar refractivity (Wildman–Crippen MR) is 72.8 cm³/mol. The average molecular weight is 278 g/mol. The van der Waals surface area contributed by atoms with Crippen LogP contribution in [0, 0.1) is 18.6 Å². The van der Waals surface area contributed by atoms with E-state index in [1.807, 2.05) is 13.8 Å². The number of nitrogens with one attached hydrogen (secondary N) is 1. The van der Waals surface area contributed by atoms with Crippen molar-refractivity contribution < 1.29 is 8.78 Å². The second-order valence-corrected chi connectivity index (χ2v) is 5.12. The number of aromatic amines is 1. The number of hydrogen-bond acceptors (Lipinski definition) is 2. The quantitative estimate of drug-likeness (QED) is 0.937. The van der Waals surface area contributed by atoms with Crippen molar-refractivity contribution in [2.75, 3.05) is 0 Å². The van der Waals surface area contributed by atoms with E-state index in [0.29, 0.717) is 22.6 Å². The van der Waals surface area contributed by atoms with Crippen LogP contribution in [0.25, 0.3) is 0 Å². The summed E-state index contributed by atoms with van der Waals surface area (Å²) < 4.78 is 26.3. The smallest absolute Gasteiger partial charge is 0.254 e. The molecule has 0 aliphatic heterocycles. The highest BCUT2D eigenvalue weighted by Crippen LogP contribution is 2.14. The molecule has 5 heteroatoms. The molecule has 0 aliphatic rings. The van der Waals surface area contributed by atoms with Crippen LogP contribution in [-0.4, -0.2) is 9.97 Å². The van der Waals surface area contributed by atoms with E-state index >= 15 is 0 Å². The molecule has 20 heavy (non-hydrogen) atoms. The Morgan fingerprint density at radius 1 is 1.20 bits per heavy atom. The van der Waals surface area contributed by atoms with Crippen molar-refractivity contribution in [1.29, 1.82) is 0 Å². The van der Waals surface area contributed by atoms with Crippen molar-refractivity contribution in [3.05, 3.63) is 62.8 Å². The molecule has 0 bridgehead atoms. The zero-order chi connectivity index (χ0) is 14.9. The highest BCUT2D eigenvalue weighted by atomic mass is 19.1. The maximum absolute atomic E-state index is 13.1. The van der Waals surface area contributed by atoms with Crippen LogP contribution in [-0.2, 0) is 6.42 Å². The molecule has 0 aliphatic carbocycles. The molecule has 2 rings (SSSR count). The number of nitrogens with zero attached hydrogens (tertiary/aromatic N) is 1. The lowest BCUT2D eigenvalue weighted by Crippen LogP contribution is -2.20. The van der Waals surface area contributed by atoms with E-state index < -0.39 is 11.6 Å². The van der Waals surface area contributed by atoms with E-state index in [4.69, 9.17) is 0 Å². The topological polar surface area (TPSA) is 45.8 Å². The number of aryl methyl sites for hydroxylation is 1. The van der Waals surface area contributed by atoms with Gasteiger partial charge < -0.3 is 4.98 Å². The number of aromatic nitrogens is 2. The molecule has 0 radical (unpaired) electrons. The minimum Gasteiger partial charge on any atom is -0.310 e. The molecule has 1 heterocycles. The first-order valence-corrected chi connectivity index (χ1v) is 6.41. The Morgan fingerprint density at radius 3 is 2.30 bits per heavy atom. The van der Waals surface area contributed by atoms with Gasteiger partial charge in [-0.1, -0.05) is 13.8 Å². The molecule has 1 N–H and O–H groups in total. The monoisotopic (exact) mass is 278 g/mol. The van der Waals surface area contributed by atoms with Crippen LogP contribution in [0.3, 0.4) is 0 Å². The van der Waals surface area contributed by atoms with Gasteiger partial charge in [0.1, 0.15) is 17.5 Å². The zero-order valence-electron chi connectivity index (χ0n) is 11.6. The lowest BCUT2D eigenvalue weighted by atomic mass is 10.0. The number of halogens is 2. The number of benzene rings is 1. The second-order valence-electron chi connectivity index (χ2n) is 5.12. The van der Waals surface area contributed by atoms with Crippen LogP contribution < -0.4 is 5.56 Å². The summed E-state index contributed by atoms with van der Waals surface area (Å²) in [6, 6.07) is 3.27. The third kappa shape index (κ3) is 3.10. The summed E-state index contributed by atoms with van der Waals surface area (Å²) in [5.74, 6) is -0.801. The molecule has 1 aromatic heterocycles. The highest BCUT2D eigenvalue weighted by molar-refractivity contribution is 5.24. The van der Waals surface area contributed by atoms with Gasteiger partial charge in [0.25, 0.3) is 5.56 Å². The van der Waals surface area contributed by atoms with E-state index in [9.17, 15) is 13.6 Å². The van der Waals surface area contributed by atoms with E-state index in [1.54, 1.807) is 6.92 Å². The van der Waals surface area contributed by atoms with Crippen molar-refractivity contribution in [2.45, 2.75) is 33.1 Å². The Labute approximate surface area is 115 Å². The summed E-state index contributed by atoms with van der Waals surface area (Å²) in [5.41, 5.74) is 1.52. The van der Waals surface area contributed by atoms with Gasteiger partial charge in [0.05, 0.1) is 0 Å². The normalized spacial score (nSPS) is 11.1. The Kier molecular flexibility index (Phi) is 3.97. The number of rotatable bonds is 3. The average Bonchev–Trinajstić information content (AvgIpc) is 2.25. The molecule has 0 fully saturated rings. The predicted octanol–water partition coefficient (Wildman–Crippen LogP) is 3.07. The molecule has 106 valence electrons. The first-order valence-electron chi connectivity index (χ1n) is 6.41. The maximum Gasteiger partial charge on any atom is 0.254 e. The Morgan fingerprint density at radius 2 is 1.80 bits per heavy atom. The van der Waals surface area contributed by atoms with Crippen LogP contribution in [0.5, 0.6) is 0 Å². The van der Waals surface area contributed by atoms with Crippen LogP contribution in [0.2, 0.25) is 0 Å². The first kappa shape index (κ1) is 14.4. The van der Waals surface area contributed by atoms with Crippen LogP contribution >= 0.6 is 0 Å². The SMILES string of the molecule is Cc1nc(Cc2cc(F)cc(F)c2)[nH]c(=O)c1C(C)C. The van der Waals surface area contributed by atoms with Gasteiger partial charge in [-0.2, -0.15) is 0 Å². The van der Waals surface area contributed by atoms with E-state index in [0.717, 1.165) is 6.07 Å². The van der Waals surface area contributed by atoms with Gasteiger partial charge in [-0.05, 0) is 30.5 Å². The van der Waals surface area contributed by atoms with E-state index in [1.165, 1.54) is 12.1 Å². The van der Waals surface area contributed by atoms with Crippen molar-refractivity contribution in [3.8, 4) is 0 Å². The molecule has 0 saturated carbocycles. The fourth-order valence-electron chi connectivity index (χ4n) is 2.32. The Bertz CT molecular complexity index is 673. The van der Waals surface area contributed by atoms with Gasteiger partial charge >= 0.3 is 0 Å². The van der Waals surface area contributed by atoms with Crippen molar-refractivity contribution in [1.82, 2.24) is 9.97 Å². The number of H-pyrrole nitrogens is 1. The molecule has 0 spiro atoms. The van der Waals surface area contributed by atoms with Crippen molar-refractivity contribution >= 4 is 0 Å². The molecule has 2 aromatic rings. The van der Waals surface area contributed by atoms with Crippen molar-refractivity contribution in [3.63, 3.8) is 0 Å². The highest BCUT2D eigenvalue weighted by Gasteiger charge is 2.12. The standard InChI is InChI=1S/C15H16F2N2O/c1-8(2)14-9(3)18-13(19-15(14)20)6-10-4-11(16)7-12(17)5-10/h4-5,7-8H,6H2,1-3H3,(H,18,19,20). The first-order chi connectivity index (χ1) is 9.36. The van der Waals surface area contributed by atoms with Gasteiger partial charge in [-0.3, -0.25) is 4.79 Å². The molecule has 0 unspecified atom stereocenters. The molecule has 1 aromatic carbocycles. The van der Waals surface area contributed by atoms with Gasteiger partial charge in [0, 0.05) is 23.7 Å². The second kappa shape index (κ2) is 5.53. The molecule has 3 nitrogen and oxygen atoms in total. The van der Waals surface area contributed by atoms with Crippen LogP contribution in [0.15, 0.2) is 23.0 Å². The number of hydrogen-bond donors (Lipinski definition) is 1. The van der Waals surface area contributed by atoms with Crippen LogP contribution in [0.4, 0.5) is 8.78 Å². The van der Waals surface area contributed by atoms with Crippen molar-refractivity contribution in [2.24, 2.45) is 0 Å². The Balaban J connectivity index is 2.37. The minimum atomic E-state index is -0.641. The van der Waals surface area contributed by atoms with Gasteiger partial charge in [-0.25, -0.2) is 13.8 Å². The molecule has 0 saturated heterocycles. The lowest BCUT2D eigenvalue weighted by molar-refractivity contribution is 0.580. The summed E-state index contributed by atoms with van der Waals surface area (Å²) in [6.07, 6.45) is 0.184. The largest absolute Gasteiger partial charge is 0.310 e. The summed E-state index contributed by atoms with van der Waals surface area (Å²) in [6.45, 7) is 5.60. The third-order valence-electron chi connectivity index (χ3n) is 3.07. The fourth-order valence-corrected chi connectivity index (χ4v) is 2.32. The zero-order valence-corrected chi connectivity index (χ0v) is 11.6. The lowest BCUT2D eigenvalue weighted by Gasteiger charge is -2.10. The molecule has 0 amide bonds. The Hall–Kier alpha value is -2.04. The van der Waals surface area contributed by atoms with E-state index in [2.05, 4.69) is 9.97 Å². The van der Waals surface area contributed by atoms with Gasteiger partial charge in [0.2, 0.25) is 0 Å². The summed E-state index contributed by atoms with van der Waals surface area (Å²) >= 11 is 0. The summed E-state index contributed by atoms with van der Waals surface area (Å²) in [7, 11) is 0. The minimum absolute atomic E-state index is 0.0758. The van der Waals surface area contributed by atoms with Gasteiger partial charge in [0.15, 0.2) is 0 Å². The van der Waals surface area contributed by atoms with E-state index in [-0.39, 0.29) is 17.9 Å². The molecular weight excluding hydrogens is 262 g/mol. The maximum atomic E-state index is 13.1. The fraction of sp³-hybridized carbons (Fsp3) is 0.333. The molecular formula is C15H16F2N2O. The third-order valence-corrected chi connectivity index (χ3v) is 3.07. The summed E-state index contributed by atoms with van der Waals surface area (Å²) in [5, 5.41) is 0.